The van der Waals surface area contributed by atoms with Crippen LogP contribution in [0.5, 0.6) is 5.88 Å². The molecule has 0 unspecified atom stereocenters. The lowest BCUT2D eigenvalue weighted by molar-refractivity contribution is -0.140. The van der Waals surface area contributed by atoms with Crippen LogP contribution in [-0.4, -0.2) is 25.2 Å². The van der Waals surface area contributed by atoms with Crippen LogP contribution in [0.3, 0.4) is 0 Å². The van der Waals surface area contributed by atoms with Crippen molar-refractivity contribution >= 4 is 15.7 Å². The molecule has 1 heterocycles. The molecule has 0 fully saturated rings. The normalized spacial score (nSPS) is 12.1. The molecule has 0 atom stereocenters. The lowest BCUT2D eigenvalue weighted by Crippen LogP contribution is -2.15. The number of sulfonamides is 1. The van der Waals surface area contributed by atoms with Crippen molar-refractivity contribution in [3.05, 3.63) is 66.0 Å². The predicted octanol–water partition coefficient (Wildman–Crippen LogP) is 5.14. The van der Waals surface area contributed by atoms with Crippen molar-refractivity contribution in [2.75, 3.05) is 11.3 Å². The molecule has 0 saturated carbocycles. The third kappa shape index (κ3) is 5.72. The Balaban J connectivity index is 1.83. The van der Waals surface area contributed by atoms with Crippen molar-refractivity contribution in [1.82, 2.24) is 10.2 Å². The van der Waals surface area contributed by atoms with E-state index in [0.29, 0.717) is 35.7 Å². The van der Waals surface area contributed by atoms with Gasteiger partial charge in [-0.15, -0.1) is 10.2 Å². The number of aromatic nitrogens is 2. The molecule has 0 saturated heterocycles. The average Bonchev–Trinajstić information content (AvgIpc) is 2.72. The van der Waals surface area contributed by atoms with Crippen LogP contribution in [-0.2, 0) is 16.2 Å². The minimum atomic E-state index is -5.03. The summed E-state index contributed by atoms with van der Waals surface area (Å²) in [5.74, 6) is -0.900. The number of nitrogens with zero attached hydrogens (tertiary/aromatic N) is 2. The molecule has 32 heavy (non-hydrogen) atoms. The molecule has 0 amide bonds. The zero-order valence-corrected chi connectivity index (χ0v) is 17.8. The van der Waals surface area contributed by atoms with Crippen LogP contribution in [0.15, 0.2) is 59.5 Å². The molecule has 6 nitrogen and oxygen atoms in total. The third-order valence-electron chi connectivity index (χ3n) is 4.17. The quantitative estimate of drug-likeness (QED) is 0.485. The number of halogens is 4. The Hall–Kier alpha value is -3.21. The number of alkyl halides is 3. The molecule has 1 N–H and O–H groups in total. The van der Waals surface area contributed by atoms with Crippen LogP contribution in [0.25, 0.3) is 11.3 Å². The first kappa shape index (κ1) is 23.5. The number of hydrogen-bond donors (Lipinski definition) is 1. The van der Waals surface area contributed by atoms with E-state index in [1.54, 1.807) is 24.3 Å². The predicted molar refractivity (Wildman–Crippen MR) is 110 cm³/mol. The van der Waals surface area contributed by atoms with E-state index in [2.05, 4.69) is 14.9 Å². The van der Waals surface area contributed by atoms with Crippen LogP contribution < -0.4 is 9.46 Å². The van der Waals surface area contributed by atoms with Gasteiger partial charge in [0.25, 0.3) is 10.0 Å². The minimum Gasteiger partial charge on any atom is -0.476 e. The van der Waals surface area contributed by atoms with E-state index in [1.807, 2.05) is 13.8 Å². The molecule has 0 bridgehead atoms. The van der Waals surface area contributed by atoms with Crippen molar-refractivity contribution in [2.45, 2.75) is 24.9 Å². The standard InChI is InChI=1S/C21H19F4N3O3S/c1-13(2)12-31-20-9-8-19(26-27-20)14-4-3-5-15(10-14)28-32(29,30)16-6-7-18(22)17(11-16)21(23,24)25/h3-11,13,28H,12H2,1-2H3. The van der Waals surface area contributed by atoms with Crippen LogP contribution in [0.1, 0.15) is 19.4 Å². The molecule has 11 heteroatoms. The van der Waals surface area contributed by atoms with Gasteiger partial charge < -0.3 is 4.74 Å². The Bertz CT molecular complexity index is 1200. The number of ether oxygens (including phenoxy) is 1. The molecule has 2 aromatic carbocycles. The fourth-order valence-corrected chi connectivity index (χ4v) is 3.72. The van der Waals surface area contributed by atoms with Gasteiger partial charge >= 0.3 is 6.18 Å². The first-order valence-corrected chi connectivity index (χ1v) is 10.9. The van der Waals surface area contributed by atoms with Gasteiger partial charge in [0.15, 0.2) is 0 Å². The summed E-state index contributed by atoms with van der Waals surface area (Å²) in [5, 5.41) is 8.02. The largest absolute Gasteiger partial charge is 0.476 e. The highest BCUT2D eigenvalue weighted by Gasteiger charge is 2.35. The summed E-state index contributed by atoms with van der Waals surface area (Å²) < 4.78 is 85.0. The van der Waals surface area contributed by atoms with Crippen molar-refractivity contribution in [1.29, 1.82) is 0 Å². The van der Waals surface area contributed by atoms with Gasteiger partial charge in [0.2, 0.25) is 5.88 Å². The monoisotopic (exact) mass is 469 g/mol. The third-order valence-corrected chi connectivity index (χ3v) is 5.55. The smallest absolute Gasteiger partial charge is 0.419 e. The van der Waals surface area contributed by atoms with Gasteiger partial charge in [-0.1, -0.05) is 26.0 Å². The fourth-order valence-electron chi connectivity index (χ4n) is 2.65. The van der Waals surface area contributed by atoms with Crippen LogP contribution >= 0.6 is 0 Å². The molecule has 0 radical (unpaired) electrons. The average molecular weight is 469 g/mol. The maximum absolute atomic E-state index is 13.5. The van der Waals surface area contributed by atoms with E-state index in [9.17, 15) is 26.0 Å². The Kier molecular flexibility index (Phi) is 6.68. The maximum atomic E-state index is 13.5. The van der Waals surface area contributed by atoms with Gasteiger partial charge in [0.05, 0.1) is 22.8 Å². The Morgan fingerprint density at radius 3 is 2.41 bits per heavy atom. The molecule has 0 aliphatic rings. The van der Waals surface area contributed by atoms with E-state index in [4.69, 9.17) is 4.74 Å². The Morgan fingerprint density at radius 2 is 1.78 bits per heavy atom. The molecule has 3 aromatic rings. The topological polar surface area (TPSA) is 81.2 Å². The van der Waals surface area contributed by atoms with Crippen molar-refractivity contribution in [3.8, 4) is 17.1 Å². The summed E-state index contributed by atoms with van der Waals surface area (Å²) in [6, 6.07) is 10.8. The fraction of sp³-hybridized carbons (Fsp3) is 0.238. The molecule has 0 aliphatic heterocycles. The molecule has 3 rings (SSSR count). The van der Waals surface area contributed by atoms with Gasteiger partial charge in [-0.3, -0.25) is 4.72 Å². The van der Waals surface area contributed by atoms with Gasteiger partial charge in [0.1, 0.15) is 5.82 Å². The van der Waals surface area contributed by atoms with Crippen LogP contribution in [0.4, 0.5) is 23.2 Å². The van der Waals surface area contributed by atoms with Gasteiger partial charge in [0, 0.05) is 17.3 Å². The van der Waals surface area contributed by atoms with E-state index >= 15 is 0 Å². The zero-order valence-electron chi connectivity index (χ0n) is 17.0. The SMILES string of the molecule is CC(C)COc1ccc(-c2cccc(NS(=O)(=O)c3ccc(F)c(C(F)(F)F)c3)c2)nn1. The summed E-state index contributed by atoms with van der Waals surface area (Å²) in [5.41, 5.74) is -0.626. The second-order valence-corrected chi connectivity index (χ2v) is 8.97. The molecular weight excluding hydrogens is 450 g/mol. The number of benzene rings is 2. The maximum Gasteiger partial charge on any atom is 0.419 e. The van der Waals surface area contributed by atoms with E-state index in [-0.39, 0.29) is 11.8 Å². The van der Waals surface area contributed by atoms with Crippen LogP contribution in [0, 0.1) is 11.7 Å². The highest BCUT2D eigenvalue weighted by Crippen LogP contribution is 2.33. The molecule has 0 spiro atoms. The van der Waals surface area contributed by atoms with Gasteiger partial charge in [-0.2, -0.15) is 13.2 Å². The molecule has 0 aliphatic carbocycles. The Morgan fingerprint density at radius 1 is 1.03 bits per heavy atom. The zero-order chi connectivity index (χ0) is 23.5. The lowest BCUT2D eigenvalue weighted by atomic mass is 10.1. The molecule has 170 valence electrons. The summed E-state index contributed by atoms with van der Waals surface area (Å²) in [4.78, 5) is -0.719. The number of nitrogens with one attached hydrogen (secondary N) is 1. The van der Waals surface area contributed by atoms with E-state index in [1.165, 1.54) is 12.1 Å². The van der Waals surface area contributed by atoms with Crippen LogP contribution in [0.2, 0.25) is 0 Å². The van der Waals surface area contributed by atoms with Gasteiger partial charge in [-0.25, -0.2) is 12.8 Å². The summed E-state index contributed by atoms with van der Waals surface area (Å²) in [6.07, 6.45) is -5.03. The number of rotatable bonds is 7. The Labute approximate surface area is 182 Å². The van der Waals surface area contributed by atoms with Crippen molar-refractivity contribution in [2.24, 2.45) is 5.92 Å². The van der Waals surface area contributed by atoms with Gasteiger partial charge in [-0.05, 0) is 42.3 Å². The number of hydrogen-bond acceptors (Lipinski definition) is 5. The van der Waals surface area contributed by atoms with E-state index in [0.717, 1.165) is 6.07 Å². The first-order valence-electron chi connectivity index (χ1n) is 9.42. The first-order chi connectivity index (χ1) is 15.0. The highest BCUT2D eigenvalue weighted by atomic mass is 32.2. The summed E-state index contributed by atoms with van der Waals surface area (Å²) in [7, 11) is -4.41. The molecular formula is C21H19F4N3O3S. The second kappa shape index (κ2) is 9.11. The van der Waals surface area contributed by atoms with Crippen molar-refractivity contribution in [3.63, 3.8) is 0 Å². The lowest BCUT2D eigenvalue weighted by Gasteiger charge is -2.12. The highest BCUT2D eigenvalue weighted by molar-refractivity contribution is 7.92. The molecule has 1 aromatic heterocycles. The minimum absolute atomic E-state index is 0.0855. The summed E-state index contributed by atoms with van der Waals surface area (Å²) in [6.45, 7) is 4.46. The second-order valence-electron chi connectivity index (χ2n) is 7.29. The van der Waals surface area contributed by atoms with E-state index < -0.39 is 32.5 Å². The van der Waals surface area contributed by atoms with Crippen molar-refractivity contribution < 1.29 is 30.7 Å². The summed E-state index contributed by atoms with van der Waals surface area (Å²) >= 11 is 0. The number of anilines is 1.